The zero-order chi connectivity index (χ0) is 26.4. The monoisotopic (exact) mass is 540 g/mol. The van der Waals surface area contributed by atoms with Crippen molar-refractivity contribution in [2.45, 2.75) is 56.7 Å². The van der Waals surface area contributed by atoms with Crippen molar-refractivity contribution in [3.05, 3.63) is 64.9 Å². The van der Waals surface area contributed by atoms with Crippen molar-refractivity contribution in [3.8, 4) is 5.75 Å². The highest BCUT2D eigenvalue weighted by Gasteiger charge is 2.64. The van der Waals surface area contributed by atoms with Crippen LogP contribution in [0.1, 0.15) is 24.6 Å². The Morgan fingerprint density at radius 3 is 2.70 bits per heavy atom. The number of fused-ring (bicyclic) bond motifs is 2. The standard InChI is InChI=1S/C27H33ClN4O4Si/c1-17-25(37(3,4)21-8-6-20(35-2)7-9-21)24(11-13-32-16-19(12-14-33)30-31-32)36-27(17)22-15-18(28)5-10-23(22)29-26(27)34/h5-10,15-17,24-25,33H,11-14H2,1-4H3,(H,29,34)/t17-,24+,25-,27+/m0/s1. The molecule has 2 aromatic carbocycles. The van der Waals surface area contributed by atoms with E-state index in [9.17, 15) is 9.90 Å². The molecule has 3 heterocycles. The van der Waals surface area contributed by atoms with Crippen molar-refractivity contribution >= 4 is 36.5 Å². The molecule has 4 atom stereocenters. The van der Waals surface area contributed by atoms with Crippen LogP contribution in [0.2, 0.25) is 23.7 Å². The van der Waals surface area contributed by atoms with Crippen LogP contribution in [0.15, 0.2) is 48.7 Å². The van der Waals surface area contributed by atoms with E-state index >= 15 is 0 Å². The fourth-order valence-corrected chi connectivity index (χ4v) is 10.5. The van der Waals surface area contributed by atoms with Gasteiger partial charge in [0, 0.05) is 48.0 Å². The Labute approximate surface area is 222 Å². The maximum Gasteiger partial charge on any atom is 0.261 e. The summed E-state index contributed by atoms with van der Waals surface area (Å²) in [6.07, 6.45) is 2.83. The number of ether oxygens (including phenoxy) is 2. The Balaban J connectivity index is 1.53. The molecule has 1 fully saturated rings. The lowest BCUT2D eigenvalue weighted by atomic mass is 9.82. The van der Waals surface area contributed by atoms with E-state index in [1.807, 2.05) is 30.5 Å². The van der Waals surface area contributed by atoms with Crippen molar-refractivity contribution < 1.29 is 19.4 Å². The minimum atomic E-state index is -2.18. The molecule has 10 heteroatoms. The first-order valence-corrected chi connectivity index (χ1v) is 16.1. The highest BCUT2D eigenvalue weighted by Crippen LogP contribution is 2.58. The van der Waals surface area contributed by atoms with E-state index in [1.54, 1.807) is 17.9 Å². The average molecular weight is 541 g/mol. The van der Waals surface area contributed by atoms with Gasteiger partial charge in [-0.2, -0.15) is 0 Å². The van der Waals surface area contributed by atoms with Crippen LogP contribution in [0.4, 0.5) is 5.69 Å². The van der Waals surface area contributed by atoms with Crippen LogP contribution in [-0.4, -0.2) is 53.9 Å². The second-order valence-corrected chi connectivity index (χ2v) is 15.7. The van der Waals surface area contributed by atoms with Crippen molar-refractivity contribution in [2.75, 3.05) is 19.0 Å². The van der Waals surface area contributed by atoms with E-state index < -0.39 is 13.7 Å². The molecule has 1 aromatic heterocycles. The summed E-state index contributed by atoms with van der Waals surface area (Å²) in [4.78, 5) is 13.6. The van der Waals surface area contributed by atoms with Crippen molar-refractivity contribution in [3.63, 3.8) is 0 Å². The molecule has 0 saturated carbocycles. The average Bonchev–Trinajstić information content (AvgIpc) is 3.54. The molecule has 3 aromatic rings. The summed E-state index contributed by atoms with van der Waals surface area (Å²) in [7, 11) is -0.515. The summed E-state index contributed by atoms with van der Waals surface area (Å²) < 4.78 is 14.1. The number of aliphatic hydroxyl groups excluding tert-OH is 1. The van der Waals surface area contributed by atoms with Crippen LogP contribution in [-0.2, 0) is 28.1 Å². The van der Waals surface area contributed by atoms with Gasteiger partial charge in [-0.3, -0.25) is 9.48 Å². The summed E-state index contributed by atoms with van der Waals surface area (Å²) >= 11 is 6.40. The normalized spacial score (nSPS) is 24.9. The third kappa shape index (κ3) is 4.37. The molecule has 2 aliphatic rings. The van der Waals surface area contributed by atoms with Gasteiger partial charge in [0.05, 0.1) is 27.0 Å². The van der Waals surface area contributed by atoms with E-state index in [0.717, 1.165) is 22.7 Å². The molecule has 2 aliphatic heterocycles. The zero-order valence-electron chi connectivity index (χ0n) is 21.6. The van der Waals surface area contributed by atoms with E-state index in [0.29, 0.717) is 24.4 Å². The minimum Gasteiger partial charge on any atom is -0.497 e. The Kier molecular flexibility index (Phi) is 6.91. The lowest BCUT2D eigenvalue weighted by Gasteiger charge is -2.37. The third-order valence-corrected chi connectivity index (χ3v) is 12.7. The Hall–Kier alpha value is -2.72. The molecule has 5 rings (SSSR count). The van der Waals surface area contributed by atoms with Crippen molar-refractivity contribution in [1.29, 1.82) is 0 Å². The fraction of sp³-hybridized carbons (Fsp3) is 0.444. The van der Waals surface area contributed by atoms with Gasteiger partial charge in [0.1, 0.15) is 5.75 Å². The second-order valence-electron chi connectivity index (χ2n) is 10.5. The predicted octanol–water partition coefficient (Wildman–Crippen LogP) is 3.73. The maximum atomic E-state index is 13.6. The van der Waals surface area contributed by atoms with Crippen LogP contribution in [0, 0.1) is 5.92 Å². The zero-order valence-corrected chi connectivity index (χ0v) is 23.3. The van der Waals surface area contributed by atoms with Gasteiger partial charge in [-0.25, -0.2) is 0 Å². The SMILES string of the molecule is COc1ccc([Si](C)(C)[C@@H]2[C@@H](CCn3cc(CCO)nn3)O[C@]3(C(=O)Nc4ccc(Cl)cc43)[C@H]2C)cc1. The van der Waals surface area contributed by atoms with Gasteiger partial charge < -0.3 is 19.9 Å². The third-order valence-electron chi connectivity index (χ3n) is 8.15. The van der Waals surface area contributed by atoms with Crippen LogP contribution in [0.25, 0.3) is 0 Å². The number of benzene rings is 2. The molecule has 0 radical (unpaired) electrons. The molecule has 0 unspecified atom stereocenters. The van der Waals surface area contributed by atoms with Crippen molar-refractivity contribution in [1.82, 2.24) is 15.0 Å². The molecule has 8 nitrogen and oxygen atoms in total. The highest BCUT2D eigenvalue weighted by atomic mass is 35.5. The van der Waals surface area contributed by atoms with E-state index in [-0.39, 0.29) is 30.1 Å². The largest absolute Gasteiger partial charge is 0.497 e. The number of aromatic nitrogens is 3. The maximum absolute atomic E-state index is 13.6. The summed E-state index contributed by atoms with van der Waals surface area (Å²) in [5.74, 6) is 0.609. The number of nitrogens with zero attached hydrogens (tertiary/aromatic N) is 3. The smallest absolute Gasteiger partial charge is 0.261 e. The topological polar surface area (TPSA) is 98.5 Å². The minimum absolute atomic E-state index is 0.0330. The lowest BCUT2D eigenvalue weighted by molar-refractivity contribution is -0.143. The number of rotatable bonds is 8. The summed E-state index contributed by atoms with van der Waals surface area (Å²) in [5, 5.41) is 22.5. The molecule has 37 heavy (non-hydrogen) atoms. The molecule has 0 aliphatic carbocycles. The van der Waals surface area contributed by atoms with Crippen LogP contribution in [0.3, 0.4) is 0 Å². The molecule has 1 saturated heterocycles. The number of carbonyl (C=O) groups excluding carboxylic acids is 1. The number of amides is 1. The first-order chi connectivity index (χ1) is 17.7. The number of aliphatic hydroxyl groups is 1. The molecular weight excluding hydrogens is 508 g/mol. The van der Waals surface area contributed by atoms with Gasteiger partial charge in [0.15, 0.2) is 5.60 Å². The number of halogens is 1. The number of methoxy groups -OCH3 is 1. The number of hydrogen-bond acceptors (Lipinski definition) is 6. The molecule has 0 bridgehead atoms. The Bertz CT molecular complexity index is 1300. The number of carbonyl (C=O) groups is 1. The van der Waals surface area contributed by atoms with Crippen molar-refractivity contribution in [2.24, 2.45) is 5.92 Å². The highest BCUT2D eigenvalue weighted by molar-refractivity contribution is 6.91. The predicted molar refractivity (Wildman–Crippen MR) is 145 cm³/mol. The number of anilines is 1. The van der Waals surface area contributed by atoms with Gasteiger partial charge in [0.25, 0.3) is 5.91 Å². The van der Waals surface area contributed by atoms with Crippen LogP contribution in [0.5, 0.6) is 5.75 Å². The molecule has 2 N–H and O–H groups in total. The molecule has 1 spiro atoms. The molecule has 196 valence electrons. The quantitative estimate of drug-likeness (QED) is 0.422. The molecule has 1 amide bonds. The van der Waals surface area contributed by atoms with Gasteiger partial charge in [-0.1, -0.05) is 54.2 Å². The van der Waals surface area contributed by atoms with Crippen LogP contribution >= 0.6 is 11.6 Å². The Morgan fingerprint density at radius 2 is 2.00 bits per heavy atom. The molecular formula is C27H33ClN4O4Si. The van der Waals surface area contributed by atoms with Gasteiger partial charge in [-0.05, 0) is 42.3 Å². The summed E-state index contributed by atoms with van der Waals surface area (Å²) in [6, 6.07) is 13.8. The van der Waals surface area contributed by atoms with Gasteiger partial charge >= 0.3 is 0 Å². The van der Waals surface area contributed by atoms with E-state index in [1.165, 1.54) is 5.19 Å². The first-order valence-electron chi connectivity index (χ1n) is 12.6. The fourth-order valence-electron chi connectivity index (χ4n) is 6.31. The summed E-state index contributed by atoms with van der Waals surface area (Å²) in [5.41, 5.74) is 1.36. The van der Waals surface area contributed by atoms with E-state index in [4.69, 9.17) is 21.1 Å². The second kappa shape index (κ2) is 9.87. The van der Waals surface area contributed by atoms with Crippen LogP contribution < -0.4 is 15.2 Å². The van der Waals surface area contributed by atoms with Gasteiger partial charge in [0.2, 0.25) is 0 Å². The number of hydrogen-bond donors (Lipinski definition) is 2. The van der Waals surface area contributed by atoms with E-state index in [2.05, 4.69) is 47.8 Å². The first kappa shape index (κ1) is 25.9. The number of nitrogens with one attached hydrogen (secondary N) is 1. The Morgan fingerprint density at radius 1 is 1.24 bits per heavy atom. The summed E-state index contributed by atoms with van der Waals surface area (Å²) in [6.45, 7) is 7.48. The lowest BCUT2D eigenvalue weighted by Crippen LogP contribution is -2.51. The number of aryl methyl sites for hydroxylation is 1. The van der Waals surface area contributed by atoms with Gasteiger partial charge in [-0.15, -0.1) is 5.10 Å².